The molecular weight excluding hydrogens is 671 g/mol. The van der Waals surface area contributed by atoms with Crippen LogP contribution in [0.3, 0.4) is 0 Å². The molecule has 0 radical (unpaired) electrons. The van der Waals surface area contributed by atoms with Crippen molar-refractivity contribution in [2.24, 2.45) is 0 Å². The number of anilines is 3. The minimum absolute atomic E-state index is 1.11. The van der Waals surface area contributed by atoms with Crippen molar-refractivity contribution in [3.63, 3.8) is 0 Å². The summed E-state index contributed by atoms with van der Waals surface area (Å²) < 4.78 is 2.62. The zero-order valence-corrected chi connectivity index (χ0v) is 30.4. The van der Waals surface area contributed by atoms with Crippen molar-refractivity contribution in [3.05, 3.63) is 212 Å². The molecule has 254 valence electrons. The third-order valence-electron chi connectivity index (χ3n) is 10.5. The molecule has 0 saturated carbocycles. The fourth-order valence-electron chi connectivity index (χ4n) is 7.89. The van der Waals surface area contributed by atoms with Gasteiger partial charge in [-0.15, -0.1) is 11.3 Å². The minimum atomic E-state index is 1.11. The lowest BCUT2D eigenvalue weighted by molar-refractivity contribution is 1.30. The molecule has 1 aromatic heterocycles. The smallest absolute Gasteiger partial charge is 0.0546 e. The molecule has 10 rings (SSSR count). The van der Waals surface area contributed by atoms with Crippen LogP contribution in [0.25, 0.3) is 75.5 Å². The second-order valence-corrected chi connectivity index (χ2v) is 14.8. The summed E-state index contributed by atoms with van der Waals surface area (Å²) >= 11 is 1.86. The van der Waals surface area contributed by atoms with E-state index >= 15 is 0 Å². The van der Waals surface area contributed by atoms with E-state index in [4.69, 9.17) is 0 Å². The first-order valence-corrected chi connectivity index (χ1v) is 19.2. The number of fused-ring (bicyclic) bond motifs is 4. The number of rotatable bonds is 7. The fraction of sp³-hybridized carbons (Fsp3) is 0. The van der Waals surface area contributed by atoms with Crippen molar-refractivity contribution >= 4 is 59.3 Å². The fourth-order valence-corrected chi connectivity index (χ4v) is 9.04. The lowest BCUT2D eigenvalue weighted by atomic mass is 9.94. The predicted molar refractivity (Wildman–Crippen MR) is 233 cm³/mol. The average molecular weight is 706 g/mol. The molecule has 0 amide bonds. The lowest BCUT2D eigenvalue weighted by Gasteiger charge is -2.30. The normalized spacial score (nSPS) is 11.3. The van der Waals surface area contributed by atoms with Crippen molar-refractivity contribution in [1.82, 2.24) is 0 Å². The van der Waals surface area contributed by atoms with Crippen LogP contribution in [0.4, 0.5) is 17.1 Å². The van der Waals surface area contributed by atoms with E-state index in [1.54, 1.807) is 0 Å². The maximum absolute atomic E-state index is 2.47. The Balaban J connectivity index is 1.20. The maximum Gasteiger partial charge on any atom is 0.0546 e. The highest BCUT2D eigenvalue weighted by molar-refractivity contribution is 7.25. The summed E-state index contributed by atoms with van der Waals surface area (Å²) in [5.74, 6) is 0. The zero-order valence-electron chi connectivity index (χ0n) is 29.6. The summed E-state index contributed by atoms with van der Waals surface area (Å²) in [4.78, 5) is 2.47. The van der Waals surface area contributed by atoms with Crippen LogP contribution in [0.5, 0.6) is 0 Å². The lowest BCUT2D eigenvalue weighted by Crippen LogP contribution is -2.12. The second-order valence-electron chi connectivity index (χ2n) is 13.7. The highest BCUT2D eigenvalue weighted by Crippen LogP contribution is 2.47. The van der Waals surface area contributed by atoms with E-state index in [0.29, 0.717) is 0 Å². The Morgan fingerprint density at radius 2 is 0.870 bits per heavy atom. The number of thiophene rings is 1. The molecule has 1 nitrogen and oxygen atoms in total. The van der Waals surface area contributed by atoms with Gasteiger partial charge in [-0.05, 0) is 80.7 Å². The molecule has 1 heterocycles. The van der Waals surface area contributed by atoms with Gasteiger partial charge in [-0.25, -0.2) is 0 Å². The van der Waals surface area contributed by atoms with Crippen LogP contribution in [-0.2, 0) is 0 Å². The Hall–Kier alpha value is -6.74. The molecule has 0 aliphatic rings. The molecule has 54 heavy (non-hydrogen) atoms. The third-order valence-corrected chi connectivity index (χ3v) is 11.6. The number of nitrogens with zero attached hydrogens (tertiary/aromatic N) is 1. The first kappa shape index (κ1) is 32.0. The highest BCUT2D eigenvalue weighted by Gasteiger charge is 2.22. The Kier molecular flexibility index (Phi) is 8.09. The first-order chi connectivity index (χ1) is 26.8. The molecule has 0 spiro atoms. The van der Waals surface area contributed by atoms with E-state index in [1.165, 1.54) is 75.5 Å². The van der Waals surface area contributed by atoms with Gasteiger partial charge in [0.25, 0.3) is 0 Å². The summed E-state index contributed by atoms with van der Waals surface area (Å²) in [5, 5.41) is 5.04. The van der Waals surface area contributed by atoms with Gasteiger partial charge in [-0.1, -0.05) is 176 Å². The Morgan fingerprint density at radius 1 is 0.315 bits per heavy atom. The van der Waals surface area contributed by atoms with Gasteiger partial charge in [0.2, 0.25) is 0 Å². The summed E-state index contributed by atoms with van der Waals surface area (Å²) in [7, 11) is 0. The van der Waals surface area contributed by atoms with Crippen molar-refractivity contribution in [3.8, 4) is 44.5 Å². The monoisotopic (exact) mass is 705 g/mol. The van der Waals surface area contributed by atoms with Crippen molar-refractivity contribution in [2.45, 2.75) is 0 Å². The number of hydrogen-bond donors (Lipinski definition) is 0. The van der Waals surface area contributed by atoms with E-state index in [1.807, 2.05) is 11.3 Å². The average Bonchev–Trinajstić information content (AvgIpc) is 3.63. The Labute approximate surface area is 319 Å². The first-order valence-electron chi connectivity index (χ1n) is 18.4. The van der Waals surface area contributed by atoms with Crippen molar-refractivity contribution in [1.29, 1.82) is 0 Å². The summed E-state index contributed by atoms with van der Waals surface area (Å²) in [5.41, 5.74) is 13.0. The van der Waals surface area contributed by atoms with Gasteiger partial charge in [0.15, 0.2) is 0 Å². The SMILES string of the molecule is c1ccc(-c2ccc(-c3cccc4cccc(N(c5cccc(-c6ccccc6)c5)c5ccccc5-c5ccc6c(c5)sc5ccccc56)c34)cc2)cc1. The summed E-state index contributed by atoms with van der Waals surface area (Å²) in [6.07, 6.45) is 0. The largest absolute Gasteiger partial charge is 0.309 e. The second kappa shape index (κ2) is 13.7. The highest BCUT2D eigenvalue weighted by atomic mass is 32.1. The minimum Gasteiger partial charge on any atom is -0.309 e. The van der Waals surface area contributed by atoms with Gasteiger partial charge >= 0.3 is 0 Å². The van der Waals surface area contributed by atoms with Crippen LogP contribution < -0.4 is 4.90 Å². The molecule has 0 saturated heterocycles. The summed E-state index contributed by atoms with van der Waals surface area (Å²) in [6.45, 7) is 0. The molecule has 0 atom stereocenters. The molecule has 0 aliphatic carbocycles. The molecule has 0 N–H and O–H groups in total. The van der Waals surface area contributed by atoms with Crippen LogP contribution in [0.2, 0.25) is 0 Å². The van der Waals surface area contributed by atoms with Crippen LogP contribution in [0.1, 0.15) is 0 Å². The molecule has 2 heteroatoms. The standard InChI is InChI=1S/C52H35NS/c1-3-14-36(15-4-1)38-28-30-39(31-29-38)45-24-12-18-40-19-13-26-49(52(40)45)53(43-21-11-20-41(34-43)37-16-5-2-6-17-37)48-25-9-7-22-44(48)42-32-33-47-46-23-8-10-27-50(46)54-51(47)35-42/h1-35H. The topological polar surface area (TPSA) is 3.24 Å². The predicted octanol–water partition coefficient (Wildman–Crippen LogP) is 15.3. The Morgan fingerprint density at radius 3 is 1.69 bits per heavy atom. The van der Waals surface area contributed by atoms with Gasteiger partial charge in [-0.2, -0.15) is 0 Å². The van der Waals surface area contributed by atoms with E-state index in [9.17, 15) is 0 Å². The van der Waals surface area contributed by atoms with E-state index in [0.717, 1.165) is 17.1 Å². The molecule has 9 aromatic carbocycles. The molecule has 0 unspecified atom stereocenters. The van der Waals surface area contributed by atoms with Gasteiger partial charge < -0.3 is 4.90 Å². The zero-order chi connectivity index (χ0) is 35.8. The summed E-state index contributed by atoms with van der Waals surface area (Å²) in [6, 6.07) is 77.2. The van der Waals surface area contributed by atoms with Crippen LogP contribution >= 0.6 is 11.3 Å². The van der Waals surface area contributed by atoms with Gasteiger partial charge in [-0.3, -0.25) is 0 Å². The molecule has 0 bridgehead atoms. The van der Waals surface area contributed by atoms with E-state index in [-0.39, 0.29) is 0 Å². The van der Waals surface area contributed by atoms with Crippen molar-refractivity contribution < 1.29 is 0 Å². The van der Waals surface area contributed by atoms with Crippen LogP contribution in [0.15, 0.2) is 212 Å². The number of para-hydroxylation sites is 1. The molecular formula is C52H35NS. The van der Waals surface area contributed by atoms with Crippen LogP contribution in [0, 0.1) is 0 Å². The van der Waals surface area contributed by atoms with E-state index in [2.05, 4.69) is 217 Å². The van der Waals surface area contributed by atoms with Gasteiger partial charge in [0.05, 0.1) is 11.4 Å². The van der Waals surface area contributed by atoms with Gasteiger partial charge in [0.1, 0.15) is 0 Å². The van der Waals surface area contributed by atoms with Crippen molar-refractivity contribution in [2.75, 3.05) is 4.90 Å². The number of benzene rings is 9. The maximum atomic E-state index is 2.47. The quantitative estimate of drug-likeness (QED) is 0.160. The molecule has 0 fully saturated rings. The van der Waals surface area contributed by atoms with Crippen LogP contribution in [-0.4, -0.2) is 0 Å². The van der Waals surface area contributed by atoms with E-state index < -0.39 is 0 Å². The number of hydrogen-bond acceptors (Lipinski definition) is 2. The van der Waals surface area contributed by atoms with Gasteiger partial charge in [0, 0.05) is 36.8 Å². The third kappa shape index (κ3) is 5.74. The molecule has 10 aromatic rings. The Bertz CT molecular complexity index is 2920. The molecule has 0 aliphatic heterocycles.